The lowest BCUT2D eigenvalue weighted by Gasteiger charge is -2.20. The molecule has 0 spiro atoms. The molecule has 1 fully saturated rings. The third kappa shape index (κ3) is 3.56. The predicted octanol–water partition coefficient (Wildman–Crippen LogP) is 3.72. The molecule has 110 valence electrons. The minimum atomic E-state index is 0.756. The maximum absolute atomic E-state index is 5.20. The molecule has 0 aromatic heterocycles. The first kappa shape index (κ1) is 14.0. The van der Waals surface area contributed by atoms with Gasteiger partial charge in [0.15, 0.2) is 0 Å². The highest BCUT2D eigenvalue weighted by Crippen LogP contribution is 2.26. The Morgan fingerprint density at radius 2 is 1.57 bits per heavy atom. The summed E-state index contributed by atoms with van der Waals surface area (Å²) in [7, 11) is 3.77. The van der Waals surface area contributed by atoms with E-state index in [0.29, 0.717) is 0 Å². The van der Waals surface area contributed by atoms with Gasteiger partial charge in [-0.15, -0.1) is 0 Å². The maximum Gasteiger partial charge on any atom is 0.119 e. The Kier molecular flexibility index (Phi) is 4.11. The van der Waals surface area contributed by atoms with Crippen molar-refractivity contribution < 1.29 is 4.74 Å². The molecule has 0 saturated heterocycles. The third-order valence-corrected chi connectivity index (χ3v) is 3.96. The molecule has 0 atom stereocenters. The Balaban J connectivity index is 1.66. The van der Waals surface area contributed by atoms with Crippen molar-refractivity contribution in [1.82, 2.24) is 5.32 Å². The van der Waals surface area contributed by atoms with E-state index in [9.17, 15) is 0 Å². The number of nitrogens with one attached hydrogen (secondary N) is 1. The first-order chi connectivity index (χ1) is 10.3. The van der Waals surface area contributed by atoms with Crippen molar-refractivity contribution in [1.29, 1.82) is 0 Å². The second-order valence-electron chi connectivity index (χ2n) is 5.58. The molecule has 1 aliphatic carbocycles. The van der Waals surface area contributed by atoms with Crippen LogP contribution in [0.4, 0.5) is 11.4 Å². The molecule has 0 amide bonds. The smallest absolute Gasteiger partial charge is 0.119 e. The van der Waals surface area contributed by atoms with Crippen molar-refractivity contribution in [2.75, 3.05) is 19.1 Å². The van der Waals surface area contributed by atoms with Gasteiger partial charge < -0.3 is 15.0 Å². The second kappa shape index (κ2) is 6.19. The van der Waals surface area contributed by atoms with Crippen molar-refractivity contribution in [3.63, 3.8) is 0 Å². The molecule has 1 N–H and O–H groups in total. The van der Waals surface area contributed by atoms with Crippen LogP contribution in [0.2, 0.25) is 0 Å². The molecule has 3 heteroatoms. The van der Waals surface area contributed by atoms with Gasteiger partial charge >= 0.3 is 0 Å². The van der Waals surface area contributed by atoms with E-state index in [0.717, 1.165) is 24.0 Å². The molecule has 3 rings (SSSR count). The van der Waals surface area contributed by atoms with E-state index in [2.05, 4.69) is 53.7 Å². The minimum absolute atomic E-state index is 0.756. The van der Waals surface area contributed by atoms with Crippen LogP contribution >= 0.6 is 0 Å². The van der Waals surface area contributed by atoms with Gasteiger partial charge in [-0.05, 0) is 54.8 Å². The number of ether oxygens (including phenoxy) is 1. The summed E-state index contributed by atoms with van der Waals surface area (Å²) in [5.74, 6) is 0.883. The van der Waals surface area contributed by atoms with Gasteiger partial charge in [-0.2, -0.15) is 0 Å². The first-order valence-corrected chi connectivity index (χ1v) is 7.46. The number of nitrogens with zero attached hydrogens (tertiary/aromatic N) is 1. The van der Waals surface area contributed by atoms with Crippen LogP contribution < -0.4 is 15.0 Å². The molecule has 2 aromatic carbocycles. The van der Waals surface area contributed by atoms with E-state index in [1.165, 1.54) is 24.1 Å². The third-order valence-electron chi connectivity index (χ3n) is 3.96. The van der Waals surface area contributed by atoms with Crippen LogP contribution in [0.1, 0.15) is 18.4 Å². The van der Waals surface area contributed by atoms with Crippen molar-refractivity contribution in [2.45, 2.75) is 25.4 Å². The van der Waals surface area contributed by atoms with E-state index in [4.69, 9.17) is 4.74 Å². The maximum atomic E-state index is 5.20. The number of anilines is 2. The summed E-state index contributed by atoms with van der Waals surface area (Å²) in [4.78, 5) is 2.18. The molecule has 1 aliphatic rings. The van der Waals surface area contributed by atoms with E-state index >= 15 is 0 Å². The van der Waals surface area contributed by atoms with Crippen molar-refractivity contribution in [3.8, 4) is 5.75 Å². The SMILES string of the molecule is COc1ccc(N(C)c2ccc(CNC3CC3)cc2)cc1. The molecular formula is C18H22N2O. The van der Waals surface area contributed by atoms with Crippen molar-refractivity contribution >= 4 is 11.4 Å². The lowest BCUT2D eigenvalue weighted by atomic mass is 10.2. The summed E-state index contributed by atoms with van der Waals surface area (Å²) >= 11 is 0. The Morgan fingerprint density at radius 1 is 1.00 bits per heavy atom. The number of benzene rings is 2. The van der Waals surface area contributed by atoms with Gasteiger partial charge in [0.25, 0.3) is 0 Å². The monoisotopic (exact) mass is 282 g/mol. The number of rotatable bonds is 6. The fourth-order valence-electron chi connectivity index (χ4n) is 2.34. The summed E-state index contributed by atoms with van der Waals surface area (Å²) in [6.45, 7) is 0.969. The van der Waals surface area contributed by atoms with Crippen LogP contribution in [-0.4, -0.2) is 20.2 Å². The van der Waals surface area contributed by atoms with Gasteiger partial charge in [0.1, 0.15) is 5.75 Å². The molecular weight excluding hydrogens is 260 g/mol. The Morgan fingerprint density at radius 3 is 2.10 bits per heavy atom. The van der Waals surface area contributed by atoms with Gasteiger partial charge in [-0.1, -0.05) is 12.1 Å². The Hall–Kier alpha value is -2.00. The zero-order valence-corrected chi connectivity index (χ0v) is 12.7. The largest absolute Gasteiger partial charge is 0.497 e. The molecule has 0 unspecified atom stereocenters. The van der Waals surface area contributed by atoms with Gasteiger partial charge in [0, 0.05) is 31.0 Å². The Bertz CT molecular complexity index is 573. The predicted molar refractivity (Wildman–Crippen MR) is 87.4 cm³/mol. The van der Waals surface area contributed by atoms with Crippen LogP contribution in [0, 0.1) is 0 Å². The zero-order chi connectivity index (χ0) is 14.7. The summed E-state index contributed by atoms with van der Waals surface area (Å²) in [6.07, 6.45) is 2.66. The van der Waals surface area contributed by atoms with Gasteiger partial charge in [-0.25, -0.2) is 0 Å². The number of hydrogen-bond donors (Lipinski definition) is 1. The lowest BCUT2D eigenvalue weighted by molar-refractivity contribution is 0.415. The van der Waals surface area contributed by atoms with Gasteiger partial charge in [0.2, 0.25) is 0 Å². The van der Waals surface area contributed by atoms with Gasteiger partial charge in [0.05, 0.1) is 7.11 Å². The van der Waals surface area contributed by atoms with E-state index < -0.39 is 0 Å². The molecule has 0 heterocycles. The van der Waals surface area contributed by atoms with Crippen molar-refractivity contribution in [2.24, 2.45) is 0 Å². The summed E-state index contributed by atoms with van der Waals surface area (Å²) in [5.41, 5.74) is 3.68. The van der Waals surface area contributed by atoms with E-state index in [1.807, 2.05) is 12.1 Å². The molecule has 0 radical (unpaired) electrons. The topological polar surface area (TPSA) is 24.5 Å². The highest BCUT2D eigenvalue weighted by atomic mass is 16.5. The molecule has 0 bridgehead atoms. The summed E-state index contributed by atoms with van der Waals surface area (Å²) in [5, 5.41) is 3.54. The van der Waals surface area contributed by atoms with E-state index in [-0.39, 0.29) is 0 Å². The first-order valence-electron chi connectivity index (χ1n) is 7.46. The number of hydrogen-bond acceptors (Lipinski definition) is 3. The zero-order valence-electron chi connectivity index (χ0n) is 12.7. The van der Waals surface area contributed by atoms with Crippen LogP contribution in [0.3, 0.4) is 0 Å². The molecule has 1 saturated carbocycles. The average molecular weight is 282 g/mol. The highest BCUT2D eigenvalue weighted by Gasteiger charge is 2.19. The highest BCUT2D eigenvalue weighted by molar-refractivity contribution is 5.63. The fraction of sp³-hybridized carbons (Fsp3) is 0.333. The van der Waals surface area contributed by atoms with Crippen LogP contribution in [0.25, 0.3) is 0 Å². The molecule has 21 heavy (non-hydrogen) atoms. The van der Waals surface area contributed by atoms with Crippen LogP contribution in [-0.2, 0) is 6.54 Å². The average Bonchev–Trinajstić information content (AvgIpc) is 3.37. The normalized spacial score (nSPS) is 14.0. The van der Waals surface area contributed by atoms with Crippen molar-refractivity contribution in [3.05, 3.63) is 54.1 Å². The lowest BCUT2D eigenvalue weighted by Crippen LogP contribution is -2.15. The van der Waals surface area contributed by atoms with Crippen LogP contribution in [0.15, 0.2) is 48.5 Å². The Labute approximate surface area is 126 Å². The molecule has 2 aromatic rings. The quantitative estimate of drug-likeness (QED) is 0.874. The van der Waals surface area contributed by atoms with Crippen LogP contribution in [0.5, 0.6) is 5.75 Å². The second-order valence-corrected chi connectivity index (χ2v) is 5.58. The summed E-state index contributed by atoms with van der Waals surface area (Å²) < 4.78 is 5.20. The van der Waals surface area contributed by atoms with Gasteiger partial charge in [-0.3, -0.25) is 0 Å². The molecule has 0 aliphatic heterocycles. The minimum Gasteiger partial charge on any atom is -0.497 e. The summed E-state index contributed by atoms with van der Waals surface area (Å²) in [6, 6.07) is 17.6. The molecule has 3 nitrogen and oxygen atoms in total. The van der Waals surface area contributed by atoms with E-state index in [1.54, 1.807) is 7.11 Å². The fourth-order valence-corrected chi connectivity index (χ4v) is 2.34. The standard InChI is InChI=1S/C18H22N2O/c1-20(17-9-11-18(21-2)12-10-17)16-7-3-14(4-8-16)13-19-15-5-6-15/h3-4,7-12,15,19H,5-6,13H2,1-2H3. The number of methoxy groups -OCH3 is 1.